The molecule has 22 heavy (non-hydrogen) atoms. The molecule has 0 saturated carbocycles. The lowest BCUT2D eigenvalue weighted by molar-refractivity contribution is -0.131. The van der Waals surface area contributed by atoms with Crippen LogP contribution in [-0.2, 0) is 17.8 Å². The van der Waals surface area contributed by atoms with E-state index in [0.29, 0.717) is 6.54 Å². The molecule has 0 saturated heterocycles. The van der Waals surface area contributed by atoms with Gasteiger partial charge in [0, 0.05) is 24.8 Å². The zero-order valence-electron chi connectivity index (χ0n) is 11.9. The molecule has 0 aliphatic carbocycles. The van der Waals surface area contributed by atoms with Gasteiger partial charge in [-0.3, -0.25) is 14.6 Å². The quantitative estimate of drug-likeness (QED) is 0.676. The van der Waals surface area contributed by atoms with Crippen LogP contribution < -0.4 is 11.2 Å². The van der Waals surface area contributed by atoms with Crippen LogP contribution >= 0.6 is 0 Å². The molecule has 1 heterocycles. The van der Waals surface area contributed by atoms with Crippen molar-refractivity contribution in [2.24, 2.45) is 0 Å². The van der Waals surface area contributed by atoms with Crippen molar-refractivity contribution in [1.29, 1.82) is 0 Å². The van der Waals surface area contributed by atoms with Crippen LogP contribution in [0.4, 0.5) is 0 Å². The first-order valence-corrected chi connectivity index (χ1v) is 6.83. The summed E-state index contributed by atoms with van der Waals surface area (Å²) in [6, 6.07) is 10.6. The number of carbonyl (C=O) groups is 1. The zero-order chi connectivity index (χ0) is 15.9. The van der Waals surface area contributed by atoms with Gasteiger partial charge in [-0.2, -0.15) is 0 Å². The molecular weight excluding hydrogens is 286 g/mol. The number of H-pyrrole nitrogens is 2. The van der Waals surface area contributed by atoms with Crippen molar-refractivity contribution in [1.82, 2.24) is 14.9 Å². The lowest BCUT2D eigenvalue weighted by atomic mass is 10.2. The number of aromatic nitrogens is 2. The molecule has 0 aliphatic rings. The van der Waals surface area contributed by atoms with E-state index in [1.54, 1.807) is 0 Å². The summed E-state index contributed by atoms with van der Waals surface area (Å²) in [5.41, 5.74) is -0.0196. The Kier molecular flexibility index (Phi) is 5.26. The molecule has 1 amide bonds. The molecule has 7 nitrogen and oxygen atoms in total. The predicted octanol–water partition coefficient (Wildman–Crippen LogP) is -0.373. The van der Waals surface area contributed by atoms with Gasteiger partial charge in [0.2, 0.25) is 5.91 Å². The molecule has 3 N–H and O–H groups in total. The van der Waals surface area contributed by atoms with Crippen LogP contribution in [0.3, 0.4) is 0 Å². The van der Waals surface area contributed by atoms with Gasteiger partial charge in [0.15, 0.2) is 0 Å². The molecule has 7 heteroatoms. The summed E-state index contributed by atoms with van der Waals surface area (Å²) in [5, 5.41) is 9.11. The van der Waals surface area contributed by atoms with Gasteiger partial charge in [-0.25, -0.2) is 4.79 Å². The largest absolute Gasteiger partial charge is 0.395 e. The van der Waals surface area contributed by atoms with E-state index >= 15 is 0 Å². The average Bonchev–Trinajstić information content (AvgIpc) is 2.46. The van der Waals surface area contributed by atoms with Gasteiger partial charge in [0.25, 0.3) is 5.56 Å². The van der Waals surface area contributed by atoms with E-state index in [0.717, 1.165) is 5.56 Å². The Bertz CT molecular complexity index is 708. The Morgan fingerprint density at radius 2 is 1.86 bits per heavy atom. The van der Waals surface area contributed by atoms with Gasteiger partial charge < -0.3 is 15.0 Å². The van der Waals surface area contributed by atoms with Gasteiger partial charge in [0.1, 0.15) is 0 Å². The minimum atomic E-state index is -0.646. The molecule has 0 unspecified atom stereocenters. The van der Waals surface area contributed by atoms with Crippen LogP contribution in [0.1, 0.15) is 11.3 Å². The molecule has 0 fully saturated rings. The van der Waals surface area contributed by atoms with Crippen molar-refractivity contribution in [2.75, 3.05) is 13.2 Å². The predicted molar refractivity (Wildman–Crippen MR) is 80.3 cm³/mol. The van der Waals surface area contributed by atoms with E-state index in [4.69, 9.17) is 5.11 Å². The number of benzene rings is 1. The number of hydrogen-bond acceptors (Lipinski definition) is 4. The lowest BCUT2D eigenvalue weighted by Crippen LogP contribution is -2.35. The van der Waals surface area contributed by atoms with E-state index < -0.39 is 11.2 Å². The number of aliphatic hydroxyl groups is 1. The molecule has 0 spiro atoms. The van der Waals surface area contributed by atoms with Gasteiger partial charge in [-0.05, 0) is 5.56 Å². The highest BCUT2D eigenvalue weighted by Crippen LogP contribution is 2.06. The SMILES string of the molecule is O=C(Cc1cc(=O)[nH]c(=O)[nH]1)N(CCO)Cc1ccccc1. The van der Waals surface area contributed by atoms with Gasteiger partial charge >= 0.3 is 5.69 Å². The molecule has 1 aromatic heterocycles. The van der Waals surface area contributed by atoms with E-state index in [1.807, 2.05) is 35.3 Å². The Labute approximate surface area is 126 Å². The normalized spacial score (nSPS) is 10.4. The first-order chi connectivity index (χ1) is 10.6. The average molecular weight is 303 g/mol. The van der Waals surface area contributed by atoms with Crippen LogP contribution in [0.2, 0.25) is 0 Å². The van der Waals surface area contributed by atoms with Crippen molar-refractivity contribution in [3.05, 3.63) is 68.5 Å². The number of nitrogens with one attached hydrogen (secondary N) is 2. The van der Waals surface area contributed by atoms with E-state index in [1.165, 1.54) is 11.0 Å². The van der Waals surface area contributed by atoms with Crippen molar-refractivity contribution < 1.29 is 9.90 Å². The number of rotatable bonds is 6. The van der Waals surface area contributed by atoms with Crippen molar-refractivity contribution in [3.63, 3.8) is 0 Å². The van der Waals surface area contributed by atoms with Crippen molar-refractivity contribution >= 4 is 5.91 Å². The molecule has 116 valence electrons. The second-order valence-electron chi connectivity index (χ2n) is 4.81. The maximum atomic E-state index is 12.3. The van der Waals surface area contributed by atoms with E-state index in [2.05, 4.69) is 4.98 Å². The lowest BCUT2D eigenvalue weighted by Gasteiger charge is -2.21. The summed E-state index contributed by atoms with van der Waals surface area (Å²) in [6.07, 6.45) is -0.105. The first kappa shape index (κ1) is 15.7. The molecule has 2 aromatic rings. The second-order valence-corrected chi connectivity index (χ2v) is 4.81. The summed E-state index contributed by atoms with van der Waals surface area (Å²) in [7, 11) is 0. The summed E-state index contributed by atoms with van der Waals surface area (Å²) < 4.78 is 0. The Morgan fingerprint density at radius 3 is 2.50 bits per heavy atom. The summed E-state index contributed by atoms with van der Waals surface area (Å²) in [4.78, 5) is 40.7. The fourth-order valence-electron chi connectivity index (χ4n) is 2.11. The number of carbonyl (C=O) groups excluding carboxylic acids is 1. The maximum absolute atomic E-state index is 12.3. The molecular formula is C15H17N3O4. The Balaban J connectivity index is 2.12. The zero-order valence-corrected chi connectivity index (χ0v) is 11.9. The fraction of sp³-hybridized carbons (Fsp3) is 0.267. The minimum Gasteiger partial charge on any atom is -0.395 e. The summed E-state index contributed by atoms with van der Waals surface area (Å²) in [6.45, 7) is 0.374. The third kappa shape index (κ3) is 4.42. The van der Waals surface area contributed by atoms with E-state index in [-0.39, 0.29) is 31.2 Å². The highest BCUT2D eigenvalue weighted by atomic mass is 16.3. The van der Waals surface area contributed by atoms with Crippen molar-refractivity contribution in [2.45, 2.75) is 13.0 Å². The third-order valence-corrected chi connectivity index (χ3v) is 3.10. The monoisotopic (exact) mass is 303 g/mol. The molecule has 1 aromatic carbocycles. The van der Waals surface area contributed by atoms with Gasteiger partial charge in [-0.1, -0.05) is 30.3 Å². The minimum absolute atomic E-state index is 0.105. The Morgan fingerprint density at radius 1 is 1.14 bits per heavy atom. The molecule has 0 atom stereocenters. The van der Waals surface area contributed by atoms with Crippen LogP contribution in [0, 0.1) is 0 Å². The molecule has 0 radical (unpaired) electrons. The maximum Gasteiger partial charge on any atom is 0.325 e. The van der Waals surface area contributed by atoms with Crippen LogP contribution in [0.5, 0.6) is 0 Å². The first-order valence-electron chi connectivity index (χ1n) is 6.83. The summed E-state index contributed by atoms with van der Waals surface area (Å²) in [5.74, 6) is -0.279. The Hall–Kier alpha value is -2.67. The molecule has 0 aliphatic heterocycles. The van der Waals surface area contributed by atoms with E-state index in [9.17, 15) is 14.4 Å². The van der Waals surface area contributed by atoms with Gasteiger partial charge in [-0.15, -0.1) is 0 Å². The standard InChI is InChI=1S/C15H17N3O4/c19-7-6-18(10-11-4-2-1-3-5-11)14(21)9-12-8-13(20)17-15(22)16-12/h1-5,8,19H,6-7,9-10H2,(H2,16,17,20,22). The highest BCUT2D eigenvalue weighted by molar-refractivity contribution is 5.78. The molecule has 2 rings (SSSR count). The van der Waals surface area contributed by atoms with Crippen LogP contribution in [0.25, 0.3) is 0 Å². The topological polar surface area (TPSA) is 106 Å². The van der Waals surface area contributed by atoms with Crippen molar-refractivity contribution in [3.8, 4) is 0 Å². The van der Waals surface area contributed by atoms with Gasteiger partial charge in [0.05, 0.1) is 13.0 Å². The number of hydrogen-bond donors (Lipinski definition) is 3. The second kappa shape index (κ2) is 7.37. The number of nitrogens with zero attached hydrogens (tertiary/aromatic N) is 1. The summed E-state index contributed by atoms with van der Waals surface area (Å²) >= 11 is 0. The fourth-order valence-corrected chi connectivity index (χ4v) is 2.11. The number of amides is 1. The number of aliphatic hydroxyl groups excluding tert-OH is 1. The highest BCUT2D eigenvalue weighted by Gasteiger charge is 2.15. The molecule has 0 bridgehead atoms. The smallest absolute Gasteiger partial charge is 0.325 e. The number of aromatic amines is 2. The van der Waals surface area contributed by atoms with Crippen LogP contribution in [0.15, 0.2) is 46.0 Å². The van der Waals surface area contributed by atoms with Crippen LogP contribution in [-0.4, -0.2) is 39.0 Å². The third-order valence-electron chi connectivity index (χ3n) is 3.10.